The van der Waals surface area contributed by atoms with Crippen LogP contribution in [0.25, 0.3) is 0 Å². The van der Waals surface area contributed by atoms with E-state index in [1.165, 1.54) is 6.92 Å². The van der Waals surface area contributed by atoms with Crippen LogP contribution >= 0.6 is 0 Å². The van der Waals surface area contributed by atoms with E-state index in [1.54, 1.807) is 0 Å². The number of carbonyl (C=O) groups is 4. The van der Waals surface area contributed by atoms with E-state index in [1.807, 2.05) is 5.32 Å². The molecule has 11 nitrogen and oxygen atoms in total. The van der Waals surface area contributed by atoms with Crippen molar-refractivity contribution in [1.29, 1.82) is 0 Å². The molecule has 1 aromatic heterocycles. The Labute approximate surface area is 129 Å². The number of hydrogen-bond donors (Lipinski definition) is 5. The maximum absolute atomic E-state index is 11.7. The molecule has 2 atom stereocenters. The molecule has 2 amide bonds. The summed E-state index contributed by atoms with van der Waals surface area (Å²) in [6.45, 7) is 0.457. The number of nitrogens with one attached hydrogen (secondary N) is 2. The minimum absolute atomic E-state index is 0.216. The first-order chi connectivity index (χ1) is 10.8. The minimum Gasteiger partial charge on any atom is -0.480 e. The second-order valence-electron chi connectivity index (χ2n) is 4.37. The van der Waals surface area contributed by atoms with Crippen molar-refractivity contribution in [3.05, 3.63) is 23.8 Å². The van der Waals surface area contributed by atoms with Crippen molar-refractivity contribution < 1.29 is 34.5 Å². The van der Waals surface area contributed by atoms with E-state index < -0.39 is 42.4 Å². The summed E-state index contributed by atoms with van der Waals surface area (Å²) in [5.74, 6) is -4.35. The molecule has 11 heteroatoms. The topological polar surface area (TPSA) is 179 Å². The van der Waals surface area contributed by atoms with Crippen molar-refractivity contribution in [2.75, 3.05) is 6.61 Å². The number of aliphatic carboxylic acids is 2. The van der Waals surface area contributed by atoms with Gasteiger partial charge in [0.25, 0.3) is 11.8 Å². The molecule has 0 aliphatic carbocycles. The van der Waals surface area contributed by atoms with Crippen LogP contribution in [0.15, 0.2) is 12.4 Å². The Hall–Kier alpha value is -3.08. The number of aromatic nitrogens is 2. The average molecular weight is 326 g/mol. The van der Waals surface area contributed by atoms with E-state index >= 15 is 0 Å². The molecule has 1 heterocycles. The van der Waals surface area contributed by atoms with Gasteiger partial charge in [-0.15, -0.1) is 0 Å². The molecule has 0 radical (unpaired) electrons. The van der Waals surface area contributed by atoms with Gasteiger partial charge in [0.2, 0.25) is 0 Å². The zero-order valence-electron chi connectivity index (χ0n) is 11.9. The van der Waals surface area contributed by atoms with Gasteiger partial charge in [-0.25, -0.2) is 14.8 Å². The Kier molecular flexibility index (Phi) is 6.09. The molecule has 0 fully saturated rings. The number of hydrogen-bond acceptors (Lipinski definition) is 7. The molecular formula is C12H14N4O7. The van der Waals surface area contributed by atoms with Crippen molar-refractivity contribution in [2.45, 2.75) is 19.0 Å². The highest BCUT2D eigenvalue weighted by Gasteiger charge is 2.21. The number of carboxylic acid groups (broad SMARTS) is 2. The number of aliphatic hydroxyl groups is 1. The second-order valence-corrected chi connectivity index (χ2v) is 4.37. The maximum Gasteiger partial charge on any atom is 0.328 e. The molecule has 1 aromatic rings. The largest absolute Gasteiger partial charge is 0.480 e. The summed E-state index contributed by atoms with van der Waals surface area (Å²) in [5.41, 5.74) is -0.487. The van der Waals surface area contributed by atoms with Crippen molar-refractivity contribution in [3.8, 4) is 0 Å². The lowest BCUT2D eigenvalue weighted by Gasteiger charge is -2.11. The van der Waals surface area contributed by atoms with Crippen molar-refractivity contribution >= 4 is 23.8 Å². The Bertz CT molecular complexity index is 616. The second kappa shape index (κ2) is 7.79. The van der Waals surface area contributed by atoms with Crippen molar-refractivity contribution in [2.24, 2.45) is 0 Å². The first kappa shape index (κ1) is 18.0. The third-order valence-electron chi connectivity index (χ3n) is 2.62. The van der Waals surface area contributed by atoms with Gasteiger partial charge in [-0.2, -0.15) is 0 Å². The molecule has 5 N–H and O–H groups in total. The molecular weight excluding hydrogens is 312 g/mol. The van der Waals surface area contributed by atoms with E-state index in [0.29, 0.717) is 0 Å². The van der Waals surface area contributed by atoms with E-state index in [9.17, 15) is 19.2 Å². The van der Waals surface area contributed by atoms with Crippen LogP contribution in [-0.2, 0) is 9.59 Å². The third kappa shape index (κ3) is 5.00. The molecule has 0 saturated carbocycles. The Morgan fingerprint density at radius 3 is 1.83 bits per heavy atom. The van der Waals surface area contributed by atoms with Crippen LogP contribution in [0, 0.1) is 0 Å². The molecule has 1 rings (SSSR count). The van der Waals surface area contributed by atoms with Crippen molar-refractivity contribution in [1.82, 2.24) is 20.6 Å². The van der Waals surface area contributed by atoms with Gasteiger partial charge in [-0.05, 0) is 6.92 Å². The Balaban J connectivity index is 2.76. The lowest BCUT2D eigenvalue weighted by atomic mass is 10.3. The molecule has 0 aromatic carbocycles. The number of aliphatic hydroxyl groups excluding tert-OH is 1. The zero-order valence-corrected chi connectivity index (χ0v) is 11.9. The summed E-state index contributed by atoms with van der Waals surface area (Å²) in [6.07, 6.45) is 1.86. The third-order valence-corrected chi connectivity index (χ3v) is 2.62. The van der Waals surface area contributed by atoms with Crippen LogP contribution in [0.5, 0.6) is 0 Å². The lowest BCUT2D eigenvalue weighted by molar-refractivity contribution is -0.140. The highest BCUT2D eigenvalue weighted by Crippen LogP contribution is 1.98. The summed E-state index contributed by atoms with van der Waals surface area (Å²) >= 11 is 0. The van der Waals surface area contributed by atoms with E-state index in [0.717, 1.165) is 12.4 Å². The van der Waals surface area contributed by atoms with Crippen LogP contribution in [0.1, 0.15) is 27.9 Å². The zero-order chi connectivity index (χ0) is 17.6. The summed E-state index contributed by atoms with van der Waals surface area (Å²) in [6, 6.07) is -2.63. The average Bonchev–Trinajstić information content (AvgIpc) is 2.51. The predicted molar refractivity (Wildman–Crippen MR) is 72.6 cm³/mol. The number of carboxylic acids is 2. The number of carbonyl (C=O) groups excluding carboxylic acids is 2. The van der Waals surface area contributed by atoms with E-state index in [4.69, 9.17) is 15.3 Å². The molecule has 0 unspecified atom stereocenters. The number of rotatable bonds is 7. The molecule has 0 spiro atoms. The molecule has 124 valence electrons. The van der Waals surface area contributed by atoms with E-state index in [-0.39, 0.29) is 11.4 Å². The van der Waals surface area contributed by atoms with Crippen LogP contribution < -0.4 is 10.6 Å². The molecule has 23 heavy (non-hydrogen) atoms. The van der Waals surface area contributed by atoms with Gasteiger partial charge < -0.3 is 26.0 Å². The monoisotopic (exact) mass is 326 g/mol. The molecule has 0 aliphatic heterocycles. The quantitative estimate of drug-likeness (QED) is 0.373. The predicted octanol–water partition coefficient (Wildman–Crippen LogP) is -2.15. The fourth-order valence-electron chi connectivity index (χ4n) is 1.31. The first-order valence-corrected chi connectivity index (χ1v) is 6.26. The fraction of sp³-hybridized carbons (Fsp3) is 0.333. The Morgan fingerprint density at radius 1 is 1.00 bits per heavy atom. The van der Waals surface area contributed by atoms with Gasteiger partial charge >= 0.3 is 11.9 Å². The fourth-order valence-corrected chi connectivity index (χ4v) is 1.31. The summed E-state index contributed by atoms with van der Waals surface area (Å²) in [7, 11) is 0. The van der Waals surface area contributed by atoms with Gasteiger partial charge in [0.15, 0.2) is 6.04 Å². The summed E-state index contributed by atoms with van der Waals surface area (Å²) < 4.78 is 0. The van der Waals surface area contributed by atoms with E-state index in [2.05, 4.69) is 15.3 Å². The standard InChI is InChI=1S/C12H14N4O7/c1-5(11(20)21)15-9(18)6-2-14-7(3-13-6)10(19)16-8(4-17)12(22)23/h2-3,5,8,17H,4H2,1H3,(H,15,18)(H,16,19)(H,20,21)(H,22,23)/t5-,8-/m1/s1. The lowest BCUT2D eigenvalue weighted by Crippen LogP contribution is -2.43. The van der Waals surface area contributed by atoms with Crippen LogP contribution in [0.3, 0.4) is 0 Å². The normalized spacial score (nSPS) is 12.8. The minimum atomic E-state index is -1.50. The van der Waals surface area contributed by atoms with Gasteiger partial charge in [-0.3, -0.25) is 14.4 Å². The molecule has 0 saturated heterocycles. The number of nitrogens with zero attached hydrogens (tertiary/aromatic N) is 2. The van der Waals surface area contributed by atoms with Gasteiger partial charge in [0.05, 0.1) is 19.0 Å². The van der Waals surface area contributed by atoms with Crippen LogP contribution in [0.4, 0.5) is 0 Å². The van der Waals surface area contributed by atoms with Crippen molar-refractivity contribution in [3.63, 3.8) is 0 Å². The molecule has 0 aliphatic rings. The first-order valence-electron chi connectivity index (χ1n) is 6.26. The van der Waals surface area contributed by atoms with Gasteiger partial charge in [0, 0.05) is 0 Å². The van der Waals surface area contributed by atoms with Crippen LogP contribution in [0.2, 0.25) is 0 Å². The number of amides is 2. The maximum atomic E-state index is 11.7. The highest BCUT2D eigenvalue weighted by molar-refractivity contribution is 5.97. The SMILES string of the molecule is C[C@@H](NC(=O)c1cnc(C(=O)N[C@H](CO)C(=O)O)cn1)C(=O)O. The van der Waals surface area contributed by atoms with Crippen LogP contribution in [-0.4, -0.2) is 67.7 Å². The molecule has 0 bridgehead atoms. The summed E-state index contributed by atoms with van der Waals surface area (Å²) in [5, 5.41) is 30.3. The van der Waals surface area contributed by atoms with Gasteiger partial charge in [-0.1, -0.05) is 0 Å². The highest BCUT2D eigenvalue weighted by atomic mass is 16.4. The van der Waals surface area contributed by atoms with Gasteiger partial charge in [0.1, 0.15) is 17.4 Å². The Morgan fingerprint density at radius 2 is 1.48 bits per heavy atom. The summed E-state index contributed by atoms with van der Waals surface area (Å²) in [4.78, 5) is 52.0. The smallest absolute Gasteiger partial charge is 0.328 e.